The number of aliphatic carboxylic acids is 1. The van der Waals surface area contributed by atoms with Crippen molar-refractivity contribution >= 4 is 23.5 Å². The van der Waals surface area contributed by atoms with E-state index >= 15 is 0 Å². The zero-order valence-electron chi connectivity index (χ0n) is 24.8. The number of anilines is 1. The Morgan fingerprint density at radius 2 is 1.66 bits per heavy atom. The SMILES string of the molecule is CCc1cccc(CC)c1N1C(=O)C2C(c3ccc(OC)c(C)c3OC)NC(CC3CCCCC3)(C(=O)O)C2C1=O. The molecule has 8 heteroatoms. The number of methoxy groups -OCH3 is 2. The van der Waals surface area contributed by atoms with Crippen molar-refractivity contribution in [3.63, 3.8) is 0 Å². The fourth-order valence-electron chi connectivity index (χ4n) is 7.74. The van der Waals surface area contributed by atoms with Crippen molar-refractivity contribution in [1.82, 2.24) is 5.32 Å². The molecule has 41 heavy (non-hydrogen) atoms. The molecule has 1 saturated carbocycles. The van der Waals surface area contributed by atoms with Crippen LogP contribution in [0.15, 0.2) is 30.3 Å². The maximum atomic E-state index is 14.5. The highest BCUT2D eigenvalue weighted by Crippen LogP contribution is 2.55. The van der Waals surface area contributed by atoms with E-state index in [-0.39, 0.29) is 11.8 Å². The maximum Gasteiger partial charge on any atom is 0.324 e. The molecule has 8 nitrogen and oxygen atoms in total. The number of nitrogens with zero attached hydrogens (tertiary/aromatic N) is 1. The van der Waals surface area contributed by atoms with Crippen LogP contribution >= 0.6 is 0 Å². The summed E-state index contributed by atoms with van der Waals surface area (Å²) in [6.45, 7) is 5.88. The minimum absolute atomic E-state index is 0.164. The Balaban J connectivity index is 1.71. The van der Waals surface area contributed by atoms with E-state index < -0.39 is 35.3 Å². The Kier molecular flexibility index (Phi) is 8.15. The Labute approximate surface area is 242 Å². The van der Waals surface area contributed by atoms with Gasteiger partial charge in [0.05, 0.1) is 31.7 Å². The standard InChI is InChI=1S/C33H42N2O6/c1-6-21-14-11-15-22(7-2)28(21)35-30(36)25-26(31(35)37)33(32(38)39,18-20-12-9-8-10-13-20)34-27(25)23-16-17-24(40-4)19(3)29(23)41-5/h11,14-17,20,25-27,34H,6-10,12-13,18H2,1-5H3,(H,38,39). The minimum Gasteiger partial charge on any atom is -0.496 e. The van der Waals surface area contributed by atoms with Crippen LogP contribution in [-0.4, -0.2) is 42.6 Å². The Hall–Kier alpha value is -3.39. The van der Waals surface area contributed by atoms with Gasteiger partial charge in [0.25, 0.3) is 0 Å². The molecule has 0 bridgehead atoms. The molecule has 2 amide bonds. The third kappa shape index (κ3) is 4.60. The Bertz CT molecular complexity index is 1330. The monoisotopic (exact) mass is 562 g/mol. The molecule has 3 fully saturated rings. The summed E-state index contributed by atoms with van der Waals surface area (Å²) in [5.41, 5.74) is 2.27. The van der Waals surface area contributed by atoms with E-state index in [0.29, 0.717) is 42.0 Å². The molecule has 3 aliphatic rings. The molecule has 2 aliphatic heterocycles. The first-order chi connectivity index (χ1) is 19.7. The van der Waals surface area contributed by atoms with Crippen LogP contribution in [0.2, 0.25) is 0 Å². The van der Waals surface area contributed by atoms with Gasteiger partial charge in [-0.25, -0.2) is 4.90 Å². The molecule has 0 spiro atoms. The van der Waals surface area contributed by atoms with Gasteiger partial charge in [0.15, 0.2) is 0 Å². The van der Waals surface area contributed by atoms with Crippen LogP contribution in [0.25, 0.3) is 0 Å². The van der Waals surface area contributed by atoms with Crippen molar-refractivity contribution in [1.29, 1.82) is 0 Å². The van der Waals surface area contributed by atoms with E-state index in [1.165, 1.54) is 4.90 Å². The Morgan fingerprint density at radius 3 is 2.22 bits per heavy atom. The first-order valence-electron chi connectivity index (χ1n) is 14.9. The van der Waals surface area contributed by atoms with Gasteiger partial charge in [-0.3, -0.25) is 19.7 Å². The van der Waals surface area contributed by atoms with Crippen molar-refractivity contribution in [2.75, 3.05) is 19.1 Å². The van der Waals surface area contributed by atoms with Gasteiger partial charge in [0, 0.05) is 17.2 Å². The van der Waals surface area contributed by atoms with Gasteiger partial charge in [0.1, 0.15) is 17.0 Å². The summed E-state index contributed by atoms with van der Waals surface area (Å²) in [7, 11) is 3.14. The van der Waals surface area contributed by atoms with Crippen molar-refractivity contribution < 1.29 is 29.0 Å². The molecular weight excluding hydrogens is 520 g/mol. The number of hydrogen-bond acceptors (Lipinski definition) is 6. The van der Waals surface area contributed by atoms with Crippen LogP contribution in [-0.2, 0) is 27.2 Å². The van der Waals surface area contributed by atoms with Crippen LogP contribution in [0.1, 0.15) is 80.7 Å². The maximum absolute atomic E-state index is 14.5. The van der Waals surface area contributed by atoms with E-state index in [9.17, 15) is 19.5 Å². The smallest absolute Gasteiger partial charge is 0.324 e. The molecule has 0 radical (unpaired) electrons. The number of carboxylic acid groups (broad SMARTS) is 1. The summed E-state index contributed by atoms with van der Waals surface area (Å²) in [6.07, 6.45) is 6.69. The lowest BCUT2D eigenvalue weighted by molar-refractivity contribution is -0.150. The lowest BCUT2D eigenvalue weighted by atomic mass is 9.72. The molecule has 220 valence electrons. The largest absolute Gasteiger partial charge is 0.496 e. The third-order valence-electron chi connectivity index (χ3n) is 9.71. The molecule has 2 N–H and O–H groups in total. The molecular formula is C33H42N2O6. The lowest BCUT2D eigenvalue weighted by Gasteiger charge is -2.36. The van der Waals surface area contributed by atoms with Gasteiger partial charge in [-0.05, 0) is 49.3 Å². The number of benzene rings is 2. The minimum atomic E-state index is -1.58. The van der Waals surface area contributed by atoms with Gasteiger partial charge in [-0.2, -0.15) is 0 Å². The van der Waals surface area contributed by atoms with Gasteiger partial charge >= 0.3 is 5.97 Å². The number of amides is 2. The van der Waals surface area contributed by atoms with Crippen LogP contribution in [0, 0.1) is 24.7 Å². The fourth-order valence-corrected chi connectivity index (χ4v) is 7.74. The predicted molar refractivity (Wildman–Crippen MR) is 156 cm³/mol. The molecule has 4 atom stereocenters. The van der Waals surface area contributed by atoms with Crippen molar-refractivity contribution in [3.8, 4) is 11.5 Å². The zero-order chi connectivity index (χ0) is 29.5. The van der Waals surface area contributed by atoms with E-state index in [1.54, 1.807) is 14.2 Å². The molecule has 1 aliphatic carbocycles. The number of imide groups is 1. The molecule has 2 aromatic carbocycles. The fraction of sp³-hybridized carbons (Fsp3) is 0.545. The third-order valence-corrected chi connectivity index (χ3v) is 9.71. The average Bonchev–Trinajstić information content (AvgIpc) is 3.46. The number of aryl methyl sites for hydroxylation is 2. The number of rotatable bonds is 9. The van der Waals surface area contributed by atoms with Crippen LogP contribution < -0.4 is 19.7 Å². The number of carboxylic acids is 1. The van der Waals surface area contributed by atoms with E-state index in [0.717, 1.165) is 48.8 Å². The first-order valence-corrected chi connectivity index (χ1v) is 14.9. The molecule has 2 aromatic rings. The lowest BCUT2D eigenvalue weighted by Crippen LogP contribution is -2.57. The molecule has 4 unspecified atom stereocenters. The van der Waals surface area contributed by atoms with Crippen LogP contribution in [0.4, 0.5) is 5.69 Å². The summed E-state index contributed by atoms with van der Waals surface area (Å²) in [5, 5.41) is 14.3. The van der Waals surface area contributed by atoms with Crippen LogP contribution in [0.3, 0.4) is 0 Å². The highest BCUT2D eigenvalue weighted by molar-refractivity contribution is 6.25. The highest BCUT2D eigenvalue weighted by atomic mass is 16.5. The number of para-hydroxylation sites is 1. The second-order valence-corrected chi connectivity index (χ2v) is 11.8. The number of nitrogens with one attached hydrogen (secondary N) is 1. The summed E-state index contributed by atoms with van der Waals surface area (Å²) < 4.78 is 11.3. The number of carbonyl (C=O) groups is 3. The predicted octanol–water partition coefficient (Wildman–Crippen LogP) is 5.38. The van der Waals surface area contributed by atoms with E-state index in [4.69, 9.17) is 9.47 Å². The molecule has 2 heterocycles. The van der Waals surface area contributed by atoms with Gasteiger partial charge in [-0.15, -0.1) is 0 Å². The summed E-state index contributed by atoms with van der Waals surface area (Å²) in [5.74, 6) is -2.46. The molecule has 0 aromatic heterocycles. The molecule has 2 saturated heterocycles. The van der Waals surface area contributed by atoms with Gasteiger partial charge < -0.3 is 14.6 Å². The first kappa shape index (κ1) is 29.1. The second-order valence-electron chi connectivity index (χ2n) is 11.8. The molecule has 5 rings (SSSR count). The number of carbonyl (C=O) groups excluding carboxylic acids is 2. The van der Waals surface area contributed by atoms with Gasteiger partial charge in [-0.1, -0.05) is 70.2 Å². The summed E-state index contributed by atoms with van der Waals surface area (Å²) in [6, 6.07) is 8.76. The summed E-state index contributed by atoms with van der Waals surface area (Å²) >= 11 is 0. The van der Waals surface area contributed by atoms with E-state index in [2.05, 4.69) is 5.32 Å². The topological polar surface area (TPSA) is 105 Å². The quantitative estimate of drug-likeness (QED) is 0.395. The van der Waals surface area contributed by atoms with Crippen molar-refractivity contribution in [2.45, 2.75) is 83.7 Å². The summed E-state index contributed by atoms with van der Waals surface area (Å²) in [4.78, 5) is 43.8. The number of hydrogen-bond donors (Lipinski definition) is 2. The zero-order valence-corrected chi connectivity index (χ0v) is 24.8. The Morgan fingerprint density at radius 1 is 1.00 bits per heavy atom. The number of fused-ring (bicyclic) bond motifs is 1. The highest BCUT2D eigenvalue weighted by Gasteiger charge is 2.69. The number of ether oxygens (including phenoxy) is 2. The average molecular weight is 563 g/mol. The van der Waals surface area contributed by atoms with Crippen LogP contribution in [0.5, 0.6) is 11.5 Å². The second kappa shape index (κ2) is 11.5. The normalized spacial score (nSPS) is 26.4. The van der Waals surface area contributed by atoms with E-state index in [1.807, 2.05) is 51.1 Å². The van der Waals surface area contributed by atoms with Crippen molar-refractivity contribution in [3.05, 3.63) is 52.6 Å². The van der Waals surface area contributed by atoms with Gasteiger partial charge in [0.2, 0.25) is 11.8 Å². The van der Waals surface area contributed by atoms with Crippen molar-refractivity contribution in [2.24, 2.45) is 17.8 Å².